The van der Waals surface area contributed by atoms with Crippen molar-refractivity contribution in [3.63, 3.8) is 0 Å². The molecule has 0 aromatic carbocycles. The van der Waals surface area contributed by atoms with Crippen molar-refractivity contribution in [1.82, 2.24) is 20.6 Å². The van der Waals surface area contributed by atoms with Crippen molar-refractivity contribution in [2.24, 2.45) is 4.99 Å². The average molecular weight is 476 g/mol. The SMILES string of the molecule is CCNC(=NCCc1ccc(Cl)nc1)NCCOc1cccnc1.I. The molecule has 0 aliphatic rings. The van der Waals surface area contributed by atoms with Crippen molar-refractivity contribution >= 4 is 41.5 Å². The van der Waals surface area contributed by atoms with Gasteiger partial charge in [0.1, 0.15) is 17.5 Å². The molecule has 25 heavy (non-hydrogen) atoms. The zero-order valence-corrected chi connectivity index (χ0v) is 17.2. The summed E-state index contributed by atoms with van der Waals surface area (Å²) in [5, 5.41) is 6.96. The number of hydrogen-bond donors (Lipinski definition) is 2. The van der Waals surface area contributed by atoms with E-state index in [-0.39, 0.29) is 24.0 Å². The summed E-state index contributed by atoms with van der Waals surface area (Å²) < 4.78 is 5.59. The minimum atomic E-state index is 0. The molecule has 0 unspecified atom stereocenters. The number of rotatable bonds is 8. The fraction of sp³-hybridized carbons (Fsp3) is 0.353. The Kier molecular flexibility index (Phi) is 10.9. The second-order valence-corrected chi connectivity index (χ2v) is 5.35. The number of aliphatic imine (C=N–C) groups is 1. The summed E-state index contributed by atoms with van der Waals surface area (Å²) in [6.45, 7) is 4.70. The van der Waals surface area contributed by atoms with Gasteiger partial charge in [-0.2, -0.15) is 0 Å². The third-order valence-electron chi connectivity index (χ3n) is 3.10. The van der Waals surface area contributed by atoms with Gasteiger partial charge in [0.05, 0.1) is 12.7 Å². The Morgan fingerprint density at radius 2 is 2.12 bits per heavy atom. The molecule has 136 valence electrons. The van der Waals surface area contributed by atoms with Crippen LogP contribution in [0.4, 0.5) is 0 Å². The Morgan fingerprint density at radius 1 is 1.24 bits per heavy atom. The Bertz CT molecular complexity index is 625. The minimum Gasteiger partial charge on any atom is -0.490 e. The van der Waals surface area contributed by atoms with Crippen LogP contribution in [0.5, 0.6) is 5.75 Å². The van der Waals surface area contributed by atoms with E-state index in [1.54, 1.807) is 24.7 Å². The molecule has 0 atom stereocenters. The minimum absolute atomic E-state index is 0. The van der Waals surface area contributed by atoms with Gasteiger partial charge >= 0.3 is 0 Å². The van der Waals surface area contributed by atoms with Gasteiger partial charge in [0, 0.05) is 25.5 Å². The number of nitrogens with one attached hydrogen (secondary N) is 2. The van der Waals surface area contributed by atoms with Gasteiger partial charge < -0.3 is 15.4 Å². The van der Waals surface area contributed by atoms with E-state index < -0.39 is 0 Å². The standard InChI is InChI=1S/C17H22ClN5O.HI/c1-2-20-17(21-9-7-14-5-6-16(18)23-12-14)22-10-11-24-15-4-3-8-19-13-15;/h3-6,8,12-13H,2,7,9-11H2,1H3,(H2,20,21,22);1H. The molecule has 2 aromatic rings. The summed E-state index contributed by atoms with van der Waals surface area (Å²) in [6.07, 6.45) is 6.00. The summed E-state index contributed by atoms with van der Waals surface area (Å²) in [5.74, 6) is 1.53. The van der Waals surface area contributed by atoms with Crippen molar-refractivity contribution < 1.29 is 4.74 Å². The van der Waals surface area contributed by atoms with Gasteiger partial charge in [-0.3, -0.25) is 9.98 Å². The Hall–Kier alpha value is -1.61. The van der Waals surface area contributed by atoms with Gasteiger partial charge in [-0.05, 0) is 37.1 Å². The monoisotopic (exact) mass is 475 g/mol. The molecule has 2 heterocycles. The summed E-state index contributed by atoms with van der Waals surface area (Å²) in [6, 6.07) is 7.49. The largest absolute Gasteiger partial charge is 0.490 e. The zero-order chi connectivity index (χ0) is 17.0. The van der Waals surface area contributed by atoms with Gasteiger partial charge in [-0.25, -0.2) is 4.98 Å². The second-order valence-electron chi connectivity index (χ2n) is 4.96. The van der Waals surface area contributed by atoms with Crippen LogP contribution in [0.2, 0.25) is 5.15 Å². The van der Waals surface area contributed by atoms with Crippen molar-refractivity contribution in [3.05, 3.63) is 53.6 Å². The molecule has 8 heteroatoms. The molecule has 0 radical (unpaired) electrons. The second kappa shape index (κ2) is 12.7. The first-order valence-corrected chi connectivity index (χ1v) is 8.31. The van der Waals surface area contributed by atoms with E-state index in [9.17, 15) is 0 Å². The van der Waals surface area contributed by atoms with E-state index in [2.05, 4.69) is 25.6 Å². The van der Waals surface area contributed by atoms with Gasteiger partial charge in [0.15, 0.2) is 5.96 Å². The average Bonchev–Trinajstić information content (AvgIpc) is 2.61. The fourth-order valence-electron chi connectivity index (χ4n) is 1.96. The van der Waals surface area contributed by atoms with Gasteiger partial charge in [0.2, 0.25) is 0 Å². The maximum absolute atomic E-state index is 5.78. The van der Waals surface area contributed by atoms with Crippen LogP contribution in [0.25, 0.3) is 0 Å². The normalized spacial score (nSPS) is 10.7. The highest BCUT2D eigenvalue weighted by Gasteiger charge is 1.99. The quantitative estimate of drug-likeness (QED) is 0.202. The highest BCUT2D eigenvalue weighted by atomic mass is 127. The molecule has 0 saturated heterocycles. The van der Waals surface area contributed by atoms with E-state index in [0.717, 1.165) is 30.2 Å². The van der Waals surface area contributed by atoms with E-state index in [1.165, 1.54) is 0 Å². The molecular formula is C17H23ClIN5O. The first kappa shape index (κ1) is 21.4. The molecule has 0 fully saturated rings. The third-order valence-corrected chi connectivity index (χ3v) is 3.32. The number of hydrogen-bond acceptors (Lipinski definition) is 4. The Balaban J connectivity index is 0.00000312. The van der Waals surface area contributed by atoms with Gasteiger partial charge in [0.25, 0.3) is 0 Å². The van der Waals surface area contributed by atoms with Crippen LogP contribution in [0, 0.1) is 0 Å². The predicted octanol–water partition coefficient (Wildman–Crippen LogP) is 2.92. The highest BCUT2D eigenvalue weighted by Crippen LogP contribution is 2.06. The summed E-state index contributed by atoms with van der Waals surface area (Å²) >= 11 is 5.78. The lowest BCUT2D eigenvalue weighted by atomic mass is 10.2. The topological polar surface area (TPSA) is 71.4 Å². The first-order valence-electron chi connectivity index (χ1n) is 7.93. The lowest BCUT2D eigenvalue weighted by Crippen LogP contribution is -2.39. The van der Waals surface area contributed by atoms with E-state index in [4.69, 9.17) is 16.3 Å². The van der Waals surface area contributed by atoms with E-state index in [0.29, 0.717) is 24.8 Å². The summed E-state index contributed by atoms with van der Waals surface area (Å²) in [7, 11) is 0. The fourth-order valence-corrected chi connectivity index (χ4v) is 2.08. The molecule has 0 aliphatic carbocycles. The van der Waals surface area contributed by atoms with Crippen LogP contribution in [-0.4, -0.2) is 42.2 Å². The molecular weight excluding hydrogens is 453 g/mol. The Labute approximate surface area is 170 Å². The molecule has 6 nitrogen and oxygen atoms in total. The number of guanidine groups is 1. The smallest absolute Gasteiger partial charge is 0.191 e. The molecule has 0 aliphatic heterocycles. The van der Waals surface area contributed by atoms with Gasteiger partial charge in [-0.1, -0.05) is 17.7 Å². The van der Waals surface area contributed by atoms with Crippen LogP contribution in [0.15, 0.2) is 47.8 Å². The number of ether oxygens (including phenoxy) is 1. The molecule has 0 spiro atoms. The van der Waals surface area contributed by atoms with Crippen LogP contribution < -0.4 is 15.4 Å². The maximum atomic E-state index is 5.78. The molecule has 0 bridgehead atoms. The predicted molar refractivity (Wildman–Crippen MR) is 112 cm³/mol. The lowest BCUT2D eigenvalue weighted by molar-refractivity contribution is 0.320. The maximum Gasteiger partial charge on any atom is 0.191 e. The number of halogens is 2. The molecule has 2 rings (SSSR count). The van der Waals surface area contributed by atoms with Crippen molar-refractivity contribution in [2.75, 3.05) is 26.2 Å². The number of nitrogens with zero attached hydrogens (tertiary/aromatic N) is 3. The molecule has 0 saturated carbocycles. The highest BCUT2D eigenvalue weighted by molar-refractivity contribution is 14.0. The number of aromatic nitrogens is 2. The van der Waals surface area contributed by atoms with Crippen LogP contribution >= 0.6 is 35.6 Å². The summed E-state index contributed by atoms with van der Waals surface area (Å²) in [4.78, 5) is 12.6. The van der Waals surface area contributed by atoms with Crippen molar-refractivity contribution in [3.8, 4) is 5.75 Å². The van der Waals surface area contributed by atoms with Crippen molar-refractivity contribution in [1.29, 1.82) is 0 Å². The zero-order valence-electron chi connectivity index (χ0n) is 14.1. The van der Waals surface area contributed by atoms with Crippen LogP contribution in [0.1, 0.15) is 12.5 Å². The lowest BCUT2D eigenvalue weighted by Gasteiger charge is -2.12. The van der Waals surface area contributed by atoms with E-state index >= 15 is 0 Å². The van der Waals surface area contributed by atoms with Gasteiger partial charge in [-0.15, -0.1) is 24.0 Å². The van der Waals surface area contributed by atoms with E-state index in [1.807, 2.05) is 25.1 Å². The number of pyridine rings is 2. The molecule has 2 N–H and O–H groups in total. The first-order chi connectivity index (χ1) is 11.8. The van der Waals surface area contributed by atoms with Crippen molar-refractivity contribution in [2.45, 2.75) is 13.3 Å². The van der Waals surface area contributed by atoms with Crippen LogP contribution in [-0.2, 0) is 6.42 Å². The molecule has 0 amide bonds. The van der Waals surface area contributed by atoms with Crippen LogP contribution in [0.3, 0.4) is 0 Å². The summed E-state index contributed by atoms with van der Waals surface area (Å²) in [5.41, 5.74) is 1.11. The third kappa shape index (κ3) is 8.87. The molecule has 2 aromatic heterocycles. The Morgan fingerprint density at radius 3 is 2.80 bits per heavy atom.